The number of nitrogens with zero attached hydrogens (tertiary/aromatic N) is 1. The number of fused-ring (bicyclic) bond motifs is 2. The first kappa shape index (κ1) is 33.2. The summed E-state index contributed by atoms with van der Waals surface area (Å²) in [5.74, 6) is 0.763. The summed E-state index contributed by atoms with van der Waals surface area (Å²) in [7, 11) is 0. The molecule has 242 valence electrons. The third-order valence-electron chi connectivity index (χ3n) is 9.04. The van der Waals surface area contributed by atoms with Crippen LogP contribution in [0.3, 0.4) is 0 Å². The van der Waals surface area contributed by atoms with Crippen molar-refractivity contribution in [3.63, 3.8) is 0 Å². The molecule has 0 saturated heterocycles. The van der Waals surface area contributed by atoms with Crippen LogP contribution in [0.5, 0.6) is 0 Å². The molecule has 0 aromatic heterocycles. The van der Waals surface area contributed by atoms with E-state index in [1.165, 1.54) is 61.5 Å². The highest BCUT2D eigenvalue weighted by Gasteiger charge is 2.15. The Morgan fingerprint density at radius 2 is 1.02 bits per heavy atom. The van der Waals surface area contributed by atoms with Crippen molar-refractivity contribution in [1.29, 1.82) is 0 Å². The Kier molecular flexibility index (Phi) is 10.8. The molecule has 7 aromatic rings. The highest BCUT2D eigenvalue weighted by atomic mass is 15.1. The molecule has 0 heterocycles. The van der Waals surface area contributed by atoms with E-state index in [1.807, 2.05) is 0 Å². The average Bonchev–Trinajstić information content (AvgIpc) is 3.15. The molecule has 1 atom stereocenters. The monoisotopic (exact) mass is 635 g/mol. The molecule has 0 aliphatic heterocycles. The van der Waals surface area contributed by atoms with Gasteiger partial charge in [-0.2, -0.15) is 0 Å². The predicted molar refractivity (Wildman–Crippen MR) is 214 cm³/mol. The summed E-state index contributed by atoms with van der Waals surface area (Å²) in [6, 6.07) is 58.0. The van der Waals surface area contributed by atoms with E-state index >= 15 is 0 Å². The van der Waals surface area contributed by atoms with Gasteiger partial charge in [-0.3, -0.25) is 0 Å². The number of hydrogen-bond donors (Lipinski definition) is 0. The van der Waals surface area contributed by atoms with Crippen LogP contribution in [0.2, 0.25) is 0 Å². The Morgan fingerprint density at radius 1 is 0.490 bits per heavy atom. The molecule has 8 rings (SSSR count). The maximum Gasteiger partial charge on any atom is 0.0540 e. The van der Waals surface area contributed by atoms with Gasteiger partial charge in [-0.05, 0) is 96.3 Å². The summed E-state index contributed by atoms with van der Waals surface area (Å²) in [5, 5.41) is 5.17. The highest BCUT2D eigenvalue weighted by Crippen LogP contribution is 2.39. The summed E-state index contributed by atoms with van der Waals surface area (Å²) >= 11 is 0. The Balaban J connectivity index is 0.000000177. The molecule has 0 saturated carbocycles. The Bertz CT molecular complexity index is 2160. The average molecular weight is 636 g/mol. The van der Waals surface area contributed by atoms with Crippen LogP contribution in [0.4, 0.5) is 17.1 Å². The van der Waals surface area contributed by atoms with Gasteiger partial charge in [0.2, 0.25) is 0 Å². The molecule has 1 aliphatic rings. The topological polar surface area (TPSA) is 3.24 Å². The van der Waals surface area contributed by atoms with Crippen molar-refractivity contribution in [3.05, 3.63) is 199 Å². The van der Waals surface area contributed by atoms with Gasteiger partial charge in [0, 0.05) is 16.8 Å². The maximum absolute atomic E-state index is 2.33. The second kappa shape index (κ2) is 16.0. The summed E-state index contributed by atoms with van der Waals surface area (Å²) in [6.07, 6.45) is 7.95. The molecule has 49 heavy (non-hydrogen) atoms. The standard InChI is InChI=1S/C29H23N.C11H10.C8H12/c1-22-14-16-23(17-15-22)24-18-20-27(21-19-24)30(26-10-3-2-4-11-26)29-13-7-9-25-8-5-6-12-28(25)29;1-9-5-4-7-10-6-2-3-8-11(9)10;1-7-3-5-8(2)6-4-7/h2-21H,1H3;2-8H,1H3;3-5,8H,6H2,1-2H3. The third-order valence-corrected chi connectivity index (χ3v) is 9.04. The van der Waals surface area contributed by atoms with Gasteiger partial charge in [0.1, 0.15) is 0 Å². The molecule has 0 fully saturated rings. The Labute approximate surface area is 292 Å². The number of para-hydroxylation sites is 1. The van der Waals surface area contributed by atoms with Gasteiger partial charge in [-0.15, -0.1) is 0 Å². The fraction of sp³-hybridized carbons (Fsp3) is 0.125. The number of benzene rings is 7. The minimum Gasteiger partial charge on any atom is -0.310 e. The van der Waals surface area contributed by atoms with Gasteiger partial charge < -0.3 is 4.90 Å². The van der Waals surface area contributed by atoms with Gasteiger partial charge in [-0.1, -0.05) is 170 Å². The first-order chi connectivity index (χ1) is 24.0. The summed E-state index contributed by atoms with van der Waals surface area (Å²) in [5.41, 5.74) is 9.98. The van der Waals surface area contributed by atoms with Crippen LogP contribution in [0.25, 0.3) is 32.7 Å². The molecular weight excluding hydrogens is 591 g/mol. The van der Waals surface area contributed by atoms with Crippen LogP contribution in [-0.2, 0) is 0 Å². The van der Waals surface area contributed by atoms with Crippen LogP contribution < -0.4 is 4.90 Å². The third kappa shape index (κ3) is 8.44. The van der Waals surface area contributed by atoms with E-state index in [1.54, 1.807) is 0 Å². The van der Waals surface area contributed by atoms with Crippen LogP contribution >= 0.6 is 0 Å². The Morgan fingerprint density at radius 3 is 1.63 bits per heavy atom. The molecule has 0 spiro atoms. The molecule has 1 heteroatoms. The van der Waals surface area contributed by atoms with Gasteiger partial charge >= 0.3 is 0 Å². The van der Waals surface area contributed by atoms with Crippen LogP contribution in [0.1, 0.15) is 31.4 Å². The van der Waals surface area contributed by atoms with Crippen molar-refractivity contribution in [2.45, 2.75) is 34.1 Å². The molecule has 1 aliphatic carbocycles. The zero-order chi connectivity index (χ0) is 34.0. The highest BCUT2D eigenvalue weighted by molar-refractivity contribution is 5.99. The number of allylic oxidation sites excluding steroid dienone is 4. The summed E-state index contributed by atoms with van der Waals surface area (Å²) < 4.78 is 0. The van der Waals surface area contributed by atoms with E-state index in [0.29, 0.717) is 0 Å². The van der Waals surface area contributed by atoms with E-state index in [9.17, 15) is 0 Å². The smallest absolute Gasteiger partial charge is 0.0540 e. The number of hydrogen-bond acceptors (Lipinski definition) is 1. The van der Waals surface area contributed by atoms with Crippen molar-refractivity contribution in [1.82, 2.24) is 0 Å². The van der Waals surface area contributed by atoms with Crippen LogP contribution in [-0.4, -0.2) is 0 Å². The SMILES string of the molecule is CC1=CCC(C)C=C1.Cc1ccc(-c2ccc(N(c3ccccc3)c3cccc4ccccc34)cc2)cc1.Cc1cccc2ccccc12. The number of rotatable bonds is 4. The first-order valence-corrected chi connectivity index (χ1v) is 17.3. The summed E-state index contributed by atoms with van der Waals surface area (Å²) in [4.78, 5) is 2.33. The lowest BCUT2D eigenvalue weighted by molar-refractivity contribution is 0.731. The fourth-order valence-electron chi connectivity index (χ4n) is 6.18. The lowest BCUT2D eigenvalue weighted by Gasteiger charge is -2.27. The van der Waals surface area contributed by atoms with E-state index in [-0.39, 0.29) is 0 Å². The molecule has 1 unspecified atom stereocenters. The molecule has 0 amide bonds. The molecule has 0 N–H and O–H groups in total. The van der Waals surface area contributed by atoms with E-state index in [4.69, 9.17) is 0 Å². The minimum absolute atomic E-state index is 0.763. The van der Waals surface area contributed by atoms with Gasteiger partial charge in [0.05, 0.1) is 5.69 Å². The molecule has 7 aromatic carbocycles. The van der Waals surface area contributed by atoms with Gasteiger partial charge in [0.15, 0.2) is 0 Å². The first-order valence-electron chi connectivity index (χ1n) is 17.3. The second-order valence-electron chi connectivity index (χ2n) is 12.9. The zero-order valence-corrected chi connectivity index (χ0v) is 29.1. The van der Waals surface area contributed by atoms with E-state index in [0.717, 1.165) is 17.3 Å². The number of aryl methyl sites for hydroxylation is 2. The minimum atomic E-state index is 0.763. The van der Waals surface area contributed by atoms with E-state index in [2.05, 4.69) is 215 Å². The van der Waals surface area contributed by atoms with Crippen molar-refractivity contribution < 1.29 is 0 Å². The van der Waals surface area contributed by atoms with Crippen molar-refractivity contribution in [3.8, 4) is 11.1 Å². The summed E-state index contributed by atoms with van der Waals surface area (Å²) in [6.45, 7) is 8.64. The fourth-order valence-corrected chi connectivity index (χ4v) is 6.18. The lowest BCUT2D eigenvalue weighted by Crippen LogP contribution is -2.10. The zero-order valence-electron chi connectivity index (χ0n) is 29.1. The lowest BCUT2D eigenvalue weighted by atomic mass is 10.00. The molecule has 0 radical (unpaired) electrons. The molecular formula is C48H45N. The van der Waals surface area contributed by atoms with E-state index < -0.39 is 0 Å². The van der Waals surface area contributed by atoms with Gasteiger partial charge in [-0.25, -0.2) is 0 Å². The second-order valence-corrected chi connectivity index (χ2v) is 12.9. The quantitative estimate of drug-likeness (QED) is 0.186. The maximum atomic E-state index is 2.33. The largest absolute Gasteiger partial charge is 0.310 e. The van der Waals surface area contributed by atoms with Crippen molar-refractivity contribution in [2.75, 3.05) is 4.90 Å². The number of anilines is 3. The van der Waals surface area contributed by atoms with Crippen molar-refractivity contribution >= 4 is 38.6 Å². The van der Waals surface area contributed by atoms with Crippen molar-refractivity contribution in [2.24, 2.45) is 5.92 Å². The van der Waals surface area contributed by atoms with Gasteiger partial charge in [0.25, 0.3) is 0 Å². The van der Waals surface area contributed by atoms with Crippen LogP contribution in [0, 0.1) is 19.8 Å². The predicted octanol–water partition coefficient (Wildman–Crippen LogP) is 14.0. The molecule has 0 bridgehead atoms. The Hall–Kier alpha value is -5.66. The van der Waals surface area contributed by atoms with Crippen LogP contribution in [0.15, 0.2) is 188 Å². The normalized spacial score (nSPS) is 13.5. The molecule has 1 nitrogen and oxygen atoms in total.